The van der Waals surface area contributed by atoms with Crippen LogP contribution in [0.1, 0.15) is 12.5 Å². The van der Waals surface area contributed by atoms with Crippen molar-refractivity contribution in [3.63, 3.8) is 0 Å². The van der Waals surface area contributed by atoms with E-state index in [1.807, 2.05) is 41.8 Å². The number of nitro benzene ring substituents is 1. The molecule has 0 fully saturated rings. The van der Waals surface area contributed by atoms with Gasteiger partial charge in [0.05, 0.1) is 16.4 Å². The first-order valence-corrected chi connectivity index (χ1v) is 10.5. The van der Waals surface area contributed by atoms with Gasteiger partial charge in [-0.05, 0) is 31.5 Å². The zero-order valence-corrected chi connectivity index (χ0v) is 17.7. The number of anilines is 1. The number of amides is 1. The maximum atomic E-state index is 12.4. The average Bonchev–Trinajstić information content (AvgIpc) is 3.36. The number of carbonyl (C=O) groups is 1. The van der Waals surface area contributed by atoms with Crippen LogP contribution in [0.15, 0.2) is 58.1 Å². The first-order valence-electron chi connectivity index (χ1n) is 9.56. The summed E-state index contributed by atoms with van der Waals surface area (Å²) in [7, 11) is 0. The summed E-state index contributed by atoms with van der Waals surface area (Å²) in [4.78, 5) is 22.9. The molecule has 4 aromatic rings. The first-order chi connectivity index (χ1) is 15.0. The van der Waals surface area contributed by atoms with Crippen LogP contribution in [0.3, 0.4) is 0 Å². The van der Waals surface area contributed by atoms with Gasteiger partial charge in [0, 0.05) is 24.1 Å². The van der Waals surface area contributed by atoms with Gasteiger partial charge in [0.15, 0.2) is 10.9 Å². The van der Waals surface area contributed by atoms with Crippen LogP contribution in [0.4, 0.5) is 11.4 Å². The maximum absolute atomic E-state index is 12.4. The Labute approximate surface area is 181 Å². The summed E-state index contributed by atoms with van der Waals surface area (Å²) in [6.07, 6.45) is 0. The smallest absolute Gasteiger partial charge is 0.271 e. The normalized spacial score (nSPS) is 11.0. The van der Waals surface area contributed by atoms with E-state index in [4.69, 9.17) is 4.42 Å². The van der Waals surface area contributed by atoms with Crippen LogP contribution < -0.4 is 5.32 Å². The summed E-state index contributed by atoms with van der Waals surface area (Å²) in [5.41, 5.74) is 1.85. The van der Waals surface area contributed by atoms with Gasteiger partial charge in [-0.15, -0.1) is 10.2 Å². The summed E-state index contributed by atoms with van der Waals surface area (Å²) in [6.45, 7) is 4.35. The SMILES string of the molecule is CCn1c(SCC(=O)Nc2cc([N+](=O)[O-])ccc2C)nnc1-c1cc2ccccc2o1. The molecule has 9 nitrogen and oxygen atoms in total. The van der Waals surface area contributed by atoms with Crippen LogP contribution in [0, 0.1) is 17.0 Å². The third-order valence-electron chi connectivity index (χ3n) is 4.72. The first kappa shape index (κ1) is 20.6. The number of fused-ring (bicyclic) bond motifs is 1. The highest BCUT2D eigenvalue weighted by molar-refractivity contribution is 7.99. The lowest BCUT2D eigenvalue weighted by molar-refractivity contribution is -0.384. The van der Waals surface area contributed by atoms with Crippen LogP contribution in [0.5, 0.6) is 0 Å². The number of rotatable bonds is 7. The van der Waals surface area contributed by atoms with Gasteiger partial charge in [-0.3, -0.25) is 19.5 Å². The van der Waals surface area contributed by atoms with Crippen molar-refractivity contribution in [1.29, 1.82) is 0 Å². The minimum Gasteiger partial charge on any atom is -0.453 e. The predicted molar refractivity (Wildman–Crippen MR) is 118 cm³/mol. The second kappa shape index (κ2) is 8.60. The number of thioether (sulfide) groups is 1. The molecule has 2 heterocycles. The fraction of sp³-hybridized carbons (Fsp3) is 0.190. The zero-order chi connectivity index (χ0) is 22.0. The molecule has 2 aromatic carbocycles. The molecule has 1 N–H and O–H groups in total. The summed E-state index contributed by atoms with van der Waals surface area (Å²) >= 11 is 1.24. The largest absolute Gasteiger partial charge is 0.453 e. The van der Waals surface area contributed by atoms with Crippen molar-refractivity contribution in [3.8, 4) is 11.6 Å². The van der Waals surface area contributed by atoms with Gasteiger partial charge in [0.2, 0.25) is 11.7 Å². The predicted octanol–water partition coefficient (Wildman–Crippen LogP) is 4.66. The van der Waals surface area contributed by atoms with E-state index in [0.717, 1.165) is 16.5 Å². The number of para-hydroxylation sites is 1. The Balaban J connectivity index is 1.48. The zero-order valence-electron chi connectivity index (χ0n) is 16.9. The monoisotopic (exact) mass is 437 g/mol. The average molecular weight is 437 g/mol. The van der Waals surface area contributed by atoms with Gasteiger partial charge < -0.3 is 9.73 Å². The highest BCUT2D eigenvalue weighted by Gasteiger charge is 2.18. The number of furan rings is 1. The Morgan fingerprint density at radius 1 is 1.23 bits per heavy atom. The Morgan fingerprint density at radius 3 is 2.77 bits per heavy atom. The highest BCUT2D eigenvalue weighted by Crippen LogP contribution is 2.29. The molecule has 0 saturated carbocycles. The van der Waals surface area contributed by atoms with Crippen LogP contribution in [-0.4, -0.2) is 31.3 Å². The number of hydrogen-bond acceptors (Lipinski definition) is 7. The number of non-ortho nitro benzene ring substituents is 1. The van der Waals surface area contributed by atoms with E-state index < -0.39 is 4.92 Å². The van der Waals surface area contributed by atoms with Crippen molar-refractivity contribution >= 4 is 40.0 Å². The lowest BCUT2D eigenvalue weighted by Crippen LogP contribution is -2.15. The Hall–Kier alpha value is -3.66. The number of nitrogens with one attached hydrogen (secondary N) is 1. The standard InChI is InChI=1S/C21H19N5O4S/c1-3-25-20(18-10-14-6-4-5-7-17(14)30-18)23-24-21(25)31-12-19(27)22-16-11-15(26(28)29)9-8-13(16)2/h4-11H,3,12H2,1-2H3,(H,22,27). The van der Waals surface area contributed by atoms with Crippen LogP contribution in [0.25, 0.3) is 22.6 Å². The number of nitro groups is 1. The number of aromatic nitrogens is 3. The van der Waals surface area contributed by atoms with E-state index >= 15 is 0 Å². The third-order valence-corrected chi connectivity index (χ3v) is 5.68. The van der Waals surface area contributed by atoms with Gasteiger partial charge in [-0.25, -0.2) is 0 Å². The molecule has 4 rings (SSSR count). The van der Waals surface area contributed by atoms with Crippen LogP contribution in [0.2, 0.25) is 0 Å². The van der Waals surface area contributed by atoms with Crippen molar-refractivity contribution in [1.82, 2.24) is 14.8 Å². The van der Waals surface area contributed by atoms with Crippen molar-refractivity contribution in [3.05, 3.63) is 64.2 Å². The number of carbonyl (C=O) groups excluding carboxylic acids is 1. The molecule has 0 unspecified atom stereocenters. The van der Waals surface area contributed by atoms with Gasteiger partial charge >= 0.3 is 0 Å². The molecule has 0 radical (unpaired) electrons. The molecule has 2 aromatic heterocycles. The fourth-order valence-electron chi connectivity index (χ4n) is 3.13. The van der Waals surface area contributed by atoms with Crippen molar-refractivity contribution in [2.45, 2.75) is 25.5 Å². The molecular weight excluding hydrogens is 418 g/mol. The lowest BCUT2D eigenvalue weighted by Gasteiger charge is -2.09. The molecule has 158 valence electrons. The summed E-state index contributed by atoms with van der Waals surface area (Å²) < 4.78 is 7.77. The molecular formula is C21H19N5O4S. The molecule has 0 atom stereocenters. The molecule has 0 aliphatic heterocycles. The van der Waals surface area contributed by atoms with Crippen molar-refractivity contribution in [2.75, 3.05) is 11.1 Å². The molecule has 0 aliphatic carbocycles. The van der Waals surface area contributed by atoms with Crippen molar-refractivity contribution < 1.29 is 14.1 Å². The fourth-order valence-corrected chi connectivity index (χ4v) is 3.93. The van der Waals surface area contributed by atoms with E-state index in [1.165, 1.54) is 23.9 Å². The van der Waals surface area contributed by atoms with Gasteiger partial charge in [-0.1, -0.05) is 36.0 Å². The van der Waals surface area contributed by atoms with E-state index in [0.29, 0.717) is 29.0 Å². The Kier molecular flexibility index (Phi) is 5.72. The minimum absolute atomic E-state index is 0.0743. The Morgan fingerprint density at radius 2 is 2.03 bits per heavy atom. The number of aryl methyl sites for hydroxylation is 1. The minimum atomic E-state index is -0.493. The summed E-state index contributed by atoms with van der Waals surface area (Å²) in [5.74, 6) is 1.00. The topological polar surface area (TPSA) is 116 Å². The highest BCUT2D eigenvalue weighted by atomic mass is 32.2. The van der Waals surface area contributed by atoms with E-state index in [-0.39, 0.29) is 17.3 Å². The van der Waals surface area contributed by atoms with Gasteiger partial charge in [0.1, 0.15) is 5.58 Å². The van der Waals surface area contributed by atoms with E-state index in [9.17, 15) is 14.9 Å². The van der Waals surface area contributed by atoms with Gasteiger partial charge in [0.25, 0.3) is 5.69 Å². The molecule has 0 spiro atoms. The second-order valence-electron chi connectivity index (χ2n) is 6.79. The molecule has 31 heavy (non-hydrogen) atoms. The quantitative estimate of drug-likeness (QED) is 0.254. The van der Waals surface area contributed by atoms with Crippen LogP contribution in [-0.2, 0) is 11.3 Å². The molecule has 0 bridgehead atoms. The lowest BCUT2D eigenvalue weighted by atomic mass is 10.2. The number of hydrogen-bond donors (Lipinski definition) is 1. The molecule has 0 aliphatic rings. The Bertz CT molecular complexity index is 1250. The molecule has 1 amide bonds. The van der Waals surface area contributed by atoms with E-state index in [2.05, 4.69) is 15.5 Å². The number of nitrogens with zero attached hydrogens (tertiary/aromatic N) is 4. The third kappa shape index (κ3) is 4.29. The second-order valence-corrected chi connectivity index (χ2v) is 7.73. The summed E-state index contributed by atoms with van der Waals surface area (Å²) in [6, 6.07) is 14.0. The summed E-state index contributed by atoms with van der Waals surface area (Å²) in [5, 5.41) is 23.7. The molecule has 0 saturated heterocycles. The van der Waals surface area contributed by atoms with Crippen molar-refractivity contribution in [2.24, 2.45) is 0 Å². The molecule has 10 heteroatoms. The van der Waals surface area contributed by atoms with Crippen LogP contribution >= 0.6 is 11.8 Å². The van der Waals surface area contributed by atoms with Gasteiger partial charge in [-0.2, -0.15) is 0 Å². The number of benzene rings is 2. The maximum Gasteiger partial charge on any atom is 0.271 e. The van der Waals surface area contributed by atoms with E-state index in [1.54, 1.807) is 13.0 Å².